The first-order valence-corrected chi connectivity index (χ1v) is 6.25. The number of halogens is 1. The molecule has 0 heterocycles. The third kappa shape index (κ3) is 3.21. The molecule has 0 spiro atoms. The Morgan fingerprint density at radius 3 is 2.50 bits per heavy atom. The van der Waals surface area contributed by atoms with Crippen LogP contribution >= 0.6 is 0 Å². The minimum absolute atomic E-state index is 0.0133. The van der Waals surface area contributed by atoms with Crippen molar-refractivity contribution < 1.29 is 9.13 Å². The van der Waals surface area contributed by atoms with E-state index in [9.17, 15) is 4.39 Å². The van der Waals surface area contributed by atoms with Crippen LogP contribution in [0.4, 0.5) is 4.39 Å². The normalized spacial score (nSPS) is 14.6. The van der Waals surface area contributed by atoms with Crippen LogP contribution in [0.1, 0.15) is 25.5 Å². The predicted molar refractivity (Wildman–Crippen MR) is 72.1 cm³/mol. The first kappa shape index (κ1) is 14.9. The summed E-state index contributed by atoms with van der Waals surface area (Å²) in [4.78, 5) is 0. The lowest BCUT2D eigenvalue weighted by atomic mass is 9.84. The van der Waals surface area contributed by atoms with E-state index in [1.807, 2.05) is 7.05 Å². The summed E-state index contributed by atoms with van der Waals surface area (Å²) >= 11 is 0. The monoisotopic (exact) mass is 254 g/mol. The van der Waals surface area contributed by atoms with Gasteiger partial charge in [0, 0.05) is 11.6 Å². The maximum absolute atomic E-state index is 13.4. The van der Waals surface area contributed by atoms with E-state index >= 15 is 0 Å². The zero-order valence-corrected chi connectivity index (χ0v) is 11.5. The minimum Gasteiger partial charge on any atom is -0.496 e. The molecule has 102 valence electrons. The van der Waals surface area contributed by atoms with E-state index in [1.54, 1.807) is 13.2 Å². The van der Waals surface area contributed by atoms with Gasteiger partial charge in [-0.15, -0.1) is 0 Å². The summed E-state index contributed by atoms with van der Waals surface area (Å²) in [6.07, 6.45) is 0. The highest BCUT2D eigenvalue weighted by molar-refractivity contribution is 5.37. The van der Waals surface area contributed by atoms with Crippen molar-refractivity contribution in [2.75, 3.05) is 20.7 Å². The molecule has 3 nitrogen and oxygen atoms in total. The number of benzene rings is 1. The summed E-state index contributed by atoms with van der Waals surface area (Å²) < 4.78 is 18.7. The fourth-order valence-electron chi connectivity index (χ4n) is 2.34. The molecule has 1 aromatic carbocycles. The number of hydrogen-bond donors (Lipinski definition) is 2. The van der Waals surface area contributed by atoms with Crippen LogP contribution in [-0.2, 0) is 0 Å². The first-order chi connectivity index (χ1) is 8.54. The Hall–Kier alpha value is -1.13. The summed E-state index contributed by atoms with van der Waals surface area (Å²) in [6.45, 7) is 4.78. The van der Waals surface area contributed by atoms with Gasteiger partial charge in [-0.3, -0.25) is 0 Å². The van der Waals surface area contributed by atoms with E-state index in [-0.39, 0.29) is 17.8 Å². The van der Waals surface area contributed by atoms with E-state index in [1.165, 1.54) is 12.1 Å². The zero-order valence-electron chi connectivity index (χ0n) is 11.5. The number of ether oxygens (including phenoxy) is 1. The van der Waals surface area contributed by atoms with Gasteiger partial charge in [-0.05, 0) is 43.6 Å². The van der Waals surface area contributed by atoms with Crippen molar-refractivity contribution in [2.24, 2.45) is 17.6 Å². The molecule has 4 heteroatoms. The summed E-state index contributed by atoms with van der Waals surface area (Å²) in [6, 6.07) is 4.57. The second kappa shape index (κ2) is 6.71. The molecule has 2 atom stereocenters. The zero-order chi connectivity index (χ0) is 13.7. The molecule has 0 radical (unpaired) electrons. The molecular formula is C14H23FN2O. The summed E-state index contributed by atoms with van der Waals surface area (Å²) in [7, 11) is 3.45. The van der Waals surface area contributed by atoms with Crippen molar-refractivity contribution in [3.8, 4) is 5.75 Å². The van der Waals surface area contributed by atoms with Gasteiger partial charge in [-0.2, -0.15) is 0 Å². The maximum Gasteiger partial charge on any atom is 0.123 e. The summed E-state index contributed by atoms with van der Waals surface area (Å²) in [5.41, 5.74) is 6.67. The van der Waals surface area contributed by atoms with Crippen LogP contribution in [0.3, 0.4) is 0 Å². The van der Waals surface area contributed by atoms with Gasteiger partial charge in [0.05, 0.1) is 7.11 Å². The molecule has 0 saturated heterocycles. The fraction of sp³-hybridized carbons (Fsp3) is 0.571. The van der Waals surface area contributed by atoms with Gasteiger partial charge in [-0.25, -0.2) is 4.39 Å². The van der Waals surface area contributed by atoms with Crippen LogP contribution in [0.2, 0.25) is 0 Å². The van der Waals surface area contributed by atoms with Gasteiger partial charge in [0.2, 0.25) is 0 Å². The minimum atomic E-state index is -0.259. The van der Waals surface area contributed by atoms with Crippen LogP contribution in [0.15, 0.2) is 18.2 Å². The molecule has 0 aliphatic carbocycles. The van der Waals surface area contributed by atoms with Crippen molar-refractivity contribution in [3.05, 3.63) is 29.6 Å². The Labute approximate surface area is 109 Å². The van der Waals surface area contributed by atoms with Gasteiger partial charge in [0.25, 0.3) is 0 Å². The van der Waals surface area contributed by atoms with Crippen LogP contribution < -0.4 is 15.8 Å². The highest BCUT2D eigenvalue weighted by Gasteiger charge is 2.26. The van der Waals surface area contributed by atoms with Crippen LogP contribution in [0, 0.1) is 17.7 Å². The molecule has 1 aromatic rings. The highest BCUT2D eigenvalue weighted by Crippen LogP contribution is 2.33. The van der Waals surface area contributed by atoms with Crippen molar-refractivity contribution in [1.82, 2.24) is 5.32 Å². The Kier molecular flexibility index (Phi) is 5.56. The van der Waals surface area contributed by atoms with Crippen molar-refractivity contribution in [2.45, 2.75) is 19.9 Å². The number of nitrogens with one attached hydrogen (secondary N) is 1. The summed E-state index contributed by atoms with van der Waals surface area (Å²) in [5, 5.41) is 3.23. The molecule has 1 rings (SSSR count). The maximum atomic E-state index is 13.4. The van der Waals surface area contributed by atoms with Gasteiger partial charge < -0.3 is 15.8 Å². The smallest absolute Gasteiger partial charge is 0.123 e. The molecule has 0 aliphatic rings. The third-order valence-electron chi connectivity index (χ3n) is 3.39. The van der Waals surface area contributed by atoms with E-state index in [0.717, 1.165) is 5.56 Å². The fourth-order valence-corrected chi connectivity index (χ4v) is 2.34. The molecule has 0 aromatic heterocycles. The molecule has 0 bridgehead atoms. The summed E-state index contributed by atoms with van der Waals surface area (Å²) in [5.74, 6) is 1.06. The Morgan fingerprint density at radius 1 is 1.39 bits per heavy atom. The molecule has 0 amide bonds. The predicted octanol–water partition coefficient (Wildman–Crippen LogP) is 2.33. The topological polar surface area (TPSA) is 47.3 Å². The van der Waals surface area contributed by atoms with Gasteiger partial charge >= 0.3 is 0 Å². The largest absolute Gasteiger partial charge is 0.496 e. The first-order valence-electron chi connectivity index (χ1n) is 6.25. The molecule has 0 fully saturated rings. The number of methoxy groups -OCH3 is 1. The van der Waals surface area contributed by atoms with Crippen LogP contribution in [-0.4, -0.2) is 20.7 Å². The van der Waals surface area contributed by atoms with Gasteiger partial charge in [-0.1, -0.05) is 13.8 Å². The van der Waals surface area contributed by atoms with Crippen LogP contribution in [0.25, 0.3) is 0 Å². The highest BCUT2D eigenvalue weighted by atomic mass is 19.1. The quantitative estimate of drug-likeness (QED) is 0.819. The second-order valence-electron chi connectivity index (χ2n) is 4.80. The lowest BCUT2D eigenvalue weighted by molar-refractivity contribution is 0.289. The second-order valence-corrected chi connectivity index (χ2v) is 4.80. The SMILES string of the molecule is CNC(c1cc(F)ccc1OC)C(CN)C(C)C. The van der Waals surface area contributed by atoms with E-state index in [4.69, 9.17) is 10.5 Å². The van der Waals surface area contributed by atoms with E-state index in [0.29, 0.717) is 18.2 Å². The average Bonchev–Trinajstić information content (AvgIpc) is 2.35. The molecule has 18 heavy (non-hydrogen) atoms. The third-order valence-corrected chi connectivity index (χ3v) is 3.39. The van der Waals surface area contributed by atoms with Gasteiger partial charge in [0.1, 0.15) is 11.6 Å². The van der Waals surface area contributed by atoms with Crippen LogP contribution in [0.5, 0.6) is 5.75 Å². The van der Waals surface area contributed by atoms with E-state index in [2.05, 4.69) is 19.2 Å². The lowest BCUT2D eigenvalue weighted by Gasteiger charge is -2.30. The van der Waals surface area contributed by atoms with Crippen molar-refractivity contribution in [3.63, 3.8) is 0 Å². The molecule has 0 aliphatic heterocycles. The molecule has 0 saturated carbocycles. The number of rotatable bonds is 6. The van der Waals surface area contributed by atoms with Crippen molar-refractivity contribution in [1.29, 1.82) is 0 Å². The molecule has 3 N–H and O–H groups in total. The number of nitrogens with two attached hydrogens (primary N) is 1. The molecule has 2 unspecified atom stereocenters. The standard InChI is InChI=1S/C14H23FN2O/c1-9(2)12(8-16)14(17-3)11-7-10(15)5-6-13(11)18-4/h5-7,9,12,14,17H,8,16H2,1-4H3. The lowest BCUT2D eigenvalue weighted by Crippen LogP contribution is -2.34. The average molecular weight is 254 g/mol. The Morgan fingerprint density at radius 2 is 2.06 bits per heavy atom. The Balaban J connectivity index is 3.18. The Bertz CT molecular complexity index is 382. The van der Waals surface area contributed by atoms with Crippen molar-refractivity contribution >= 4 is 0 Å². The van der Waals surface area contributed by atoms with E-state index < -0.39 is 0 Å². The van der Waals surface area contributed by atoms with Gasteiger partial charge in [0.15, 0.2) is 0 Å². The number of hydrogen-bond acceptors (Lipinski definition) is 3. The molecular weight excluding hydrogens is 231 g/mol.